The molecule has 0 radical (unpaired) electrons. The zero-order chi connectivity index (χ0) is 14.4. The molecule has 0 aromatic heterocycles. The Hall–Kier alpha value is -2.01. The minimum absolute atomic E-state index is 0.0390. The van der Waals surface area contributed by atoms with E-state index in [0.717, 1.165) is 10.0 Å². The lowest BCUT2D eigenvalue weighted by Gasteiger charge is -2.08. The molecule has 4 nitrogen and oxygen atoms in total. The Morgan fingerprint density at radius 2 is 1.95 bits per heavy atom. The predicted molar refractivity (Wildman–Crippen MR) is 82.3 cm³/mol. The van der Waals surface area contributed by atoms with Crippen molar-refractivity contribution in [3.8, 4) is 5.75 Å². The summed E-state index contributed by atoms with van der Waals surface area (Å²) in [5.74, 6) is 0.388. The van der Waals surface area contributed by atoms with Crippen molar-refractivity contribution in [3.63, 3.8) is 0 Å². The number of nitrogens with two attached hydrogens (primary N) is 1. The van der Waals surface area contributed by atoms with Gasteiger partial charge in [-0.25, -0.2) is 0 Å². The van der Waals surface area contributed by atoms with Gasteiger partial charge in [0.2, 0.25) is 0 Å². The SMILES string of the molecule is Nc1cc(Br)cc(OCC(=O)NCc2ccccc2)c1. The van der Waals surface area contributed by atoms with Crippen LogP contribution in [0.5, 0.6) is 5.75 Å². The predicted octanol–water partition coefficient (Wildman–Crippen LogP) is 2.73. The molecule has 20 heavy (non-hydrogen) atoms. The van der Waals surface area contributed by atoms with Crippen molar-refractivity contribution in [1.29, 1.82) is 0 Å². The third-order valence-corrected chi connectivity index (χ3v) is 3.05. The van der Waals surface area contributed by atoms with Gasteiger partial charge in [-0.1, -0.05) is 46.3 Å². The smallest absolute Gasteiger partial charge is 0.258 e. The van der Waals surface area contributed by atoms with Crippen molar-refractivity contribution in [1.82, 2.24) is 5.32 Å². The van der Waals surface area contributed by atoms with Gasteiger partial charge in [-0.3, -0.25) is 4.79 Å². The highest BCUT2D eigenvalue weighted by atomic mass is 79.9. The number of ether oxygens (including phenoxy) is 1. The number of amides is 1. The van der Waals surface area contributed by atoms with E-state index in [1.54, 1.807) is 18.2 Å². The Morgan fingerprint density at radius 3 is 2.65 bits per heavy atom. The van der Waals surface area contributed by atoms with Crippen LogP contribution in [-0.4, -0.2) is 12.5 Å². The number of rotatable bonds is 5. The Balaban J connectivity index is 1.80. The second kappa shape index (κ2) is 6.96. The van der Waals surface area contributed by atoms with Crippen LogP contribution in [0.1, 0.15) is 5.56 Å². The lowest BCUT2D eigenvalue weighted by molar-refractivity contribution is -0.123. The molecule has 1 amide bonds. The highest BCUT2D eigenvalue weighted by Gasteiger charge is 2.04. The molecular weight excluding hydrogens is 320 g/mol. The van der Waals surface area contributed by atoms with Gasteiger partial charge in [0.05, 0.1) is 0 Å². The van der Waals surface area contributed by atoms with E-state index >= 15 is 0 Å². The summed E-state index contributed by atoms with van der Waals surface area (Å²) < 4.78 is 6.21. The van der Waals surface area contributed by atoms with Crippen molar-refractivity contribution in [2.24, 2.45) is 0 Å². The molecule has 104 valence electrons. The Morgan fingerprint density at radius 1 is 1.20 bits per heavy atom. The Labute approximate surface area is 126 Å². The highest BCUT2D eigenvalue weighted by Crippen LogP contribution is 2.22. The summed E-state index contributed by atoms with van der Waals surface area (Å²) >= 11 is 3.32. The fraction of sp³-hybridized carbons (Fsp3) is 0.133. The van der Waals surface area contributed by atoms with Gasteiger partial charge in [-0.05, 0) is 17.7 Å². The second-order valence-corrected chi connectivity index (χ2v) is 5.19. The fourth-order valence-electron chi connectivity index (χ4n) is 1.66. The van der Waals surface area contributed by atoms with E-state index in [1.807, 2.05) is 30.3 Å². The van der Waals surface area contributed by atoms with Crippen LogP contribution in [0.4, 0.5) is 5.69 Å². The van der Waals surface area contributed by atoms with Crippen molar-refractivity contribution >= 4 is 27.5 Å². The highest BCUT2D eigenvalue weighted by molar-refractivity contribution is 9.10. The van der Waals surface area contributed by atoms with E-state index in [-0.39, 0.29) is 12.5 Å². The van der Waals surface area contributed by atoms with Crippen LogP contribution >= 0.6 is 15.9 Å². The first-order valence-electron chi connectivity index (χ1n) is 6.13. The van der Waals surface area contributed by atoms with Crippen molar-refractivity contribution in [2.45, 2.75) is 6.54 Å². The fourth-order valence-corrected chi connectivity index (χ4v) is 2.15. The summed E-state index contributed by atoms with van der Waals surface area (Å²) in [5, 5.41) is 2.79. The number of hydrogen-bond donors (Lipinski definition) is 2. The van der Waals surface area contributed by atoms with Gasteiger partial charge >= 0.3 is 0 Å². The lowest BCUT2D eigenvalue weighted by atomic mass is 10.2. The topological polar surface area (TPSA) is 64.3 Å². The lowest BCUT2D eigenvalue weighted by Crippen LogP contribution is -2.28. The maximum atomic E-state index is 11.7. The summed E-state index contributed by atoms with van der Waals surface area (Å²) in [6.45, 7) is 0.451. The number of carbonyl (C=O) groups is 1. The monoisotopic (exact) mass is 334 g/mol. The standard InChI is InChI=1S/C15H15BrN2O2/c16-12-6-13(17)8-14(7-12)20-10-15(19)18-9-11-4-2-1-3-5-11/h1-8H,9-10,17H2,(H,18,19). The first-order chi connectivity index (χ1) is 9.63. The van der Waals surface area contributed by atoms with E-state index in [2.05, 4.69) is 21.2 Å². The van der Waals surface area contributed by atoms with Gasteiger partial charge in [0.25, 0.3) is 5.91 Å². The number of nitrogens with one attached hydrogen (secondary N) is 1. The first-order valence-corrected chi connectivity index (χ1v) is 6.92. The number of halogens is 1. The Bertz CT molecular complexity index is 567. The summed E-state index contributed by atoms with van der Waals surface area (Å²) in [4.78, 5) is 11.7. The summed E-state index contributed by atoms with van der Waals surface area (Å²) in [5.41, 5.74) is 7.32. The van der Waals surface area contributed by atoms with Crippen molar-refractivity contribution in [2.75, 3.05) is 12.3 Å². The van der Waals surface area contributed by atoms with E-state index in [0.29, 0.717) is 18.0 Å². The molecule has 0 bridgehead atoms. The van der Waals surface area contributed by atoms with Crippen LogP contribution in [-0.2, 0) is 11.3 Å². The number of benzene rings is 2. The minimum atomic E-state index is -0.174. The molecule has 0 aliphatic heterocycles. The zero-order valence-electron chi connectivity index (χ0n) is 10.8. The molecule has 0 aliphatic carbocycles. The summed E-state index contributed by atoms with van der Waals surface area (Å²) in [6, 6.07) is 14.9. The molecule has 0 atom stereocenters. The second-order valence-electron chi connectivity index (χ2n) is 4.27. The molecule has 2 aromatic carbocycles. The number of nitrogen functional groups attached to an aromatic ring is 1. The van der Waals surface area contributed by atoms with Crippen molar-refractivity contribution < 1.29 is 9.53 Å². The number of hydrogen-bond acceptors (Lipinski definition) is 3. The molecule has 0 saturated carbocycles. The maximum absolute atomic E-state index is 11.7. The van der Waals surface area contributed by atoms with E-state index in [1.165, 1.54) is 0 Å². The first kappa shape index (κ1) is 14.4. The third kappa shape index (κ3) is 4.59. The average molecular weight is 335 g/mol. The van der Waals surface area contributed by atoms with Crippen LogP contribution in [0.2, 0.25) is 0 Å². The molecule has 0 fully saturated rings. The van der Waals surface area contributed by atoms with Gasteiger partial charge in [0.1, 0.15) is 5.75 Å². The van der Waals surface area contributed by atoms with Gasteiger partial charge in [0.15, 0.2) is 6.61 Å². The van der Waals surface area contributed by atoms with Crippen LogP contribution in [0.3, 0.4) is 0 Å². The number of carbonyl (C=O) groups excluding carboxylic acids is 1. The van der Waals surface area contributed by atoms with Crippen LogP contribution < -0.4 is 15.8 Å². The third-order valence-electron chi connectivity index (χ3n) is 2.60. The number of anilines is 1. The molecule has 0 saturated heterocycles. The van der Waals surface area contributed by atoms with Crippen molar-refractivity contribution in [3.05, 3.63) is 58.6 Å². The molecule has 5 heteroatoms. The van der Waals surface area contributed by atoms with Crippen LogP contribution in [0.25, 0.3) is 0 Å². The molecular formula is C15H15BrN2O2. The van der Waals surface area contributed by atoms with Crippen LogP contribution in [0, 0.1) is 0 Å². The van der Waals surface area contributed by atoms with Gasteiger partial charge < -0.3 is 15.8 Å². The summed E-state index contributed by atoms with van der Waals surface area (Å²) in [7, 11) is 0. The van der Waals surface area contributed by atoms with Gasteiger partial charge in [-0.2, -0.15) is 0 Å². The minimum Gasteiger partial charge on any atom is -0.484 e. The summed E-state index contributed by atoms with van der Waals surface area (Å²) in [6.07, 6.45) is 0. The van der Waals surface area contributed by atoms with E-state index in [9.17, 15) is 4.79 Å². The normalized spacial score (nSPS) is 10.1. The molecule has 0 unspecified atom stereocenters. The molecule has 0 spiro atoms. The Kier molecular flexibility index (Phi) is 5.01. The molecule has 2 aromatic rings. The maximum Gasteiger partial charge on any atom is 0.258 e. The van der Waals surface area contributed by atoms with Crippen LogP contribution in [0.15, 0.2) is 53.0 Å². The van der Waals surface area contributed by atoms with E-state index < -0.39 is 0 Å². The molecule has 3 N–H and O–H groups in total. The zero-order valence-corrected chi connectivity index (χ0v) is 12.4. The molecule has 2 rings (SSSR count). The quantitative estimate of drug-likeness (QED) is 0.826. The largest absolute Gasteiger partial charge is 0.484 e. The van der Waals surface area contributed by atoms with Gasteiger partial charge in [-0.15, -0.1) is 0 Å². The molecule has 0 heterocycles. The molecule has 0 aliphatic rings. The van der Waals surface area contributed by atoms with E-state index in [4.69, 9.17) is 10.5 Å². The van der Waals surface area contributed by atoms with Gasteiger partial charge in [0, 0.05) is 22.8 Å². The average Bonchev–Trinajstić information content (AvgIpc) is 2.43.